The number of hydrogen-bond acceptors (Lipinski definition) is 3. The Balaban J connectivity index is 2.98. The van der Waals surface area contributed by atoms with Gasteiger partial charge in [0.1, 0.15) is 6.10 Å². The minimum Gasteiger partial charge on any atom is -0.875 e. The van der Waals surface area contributed by atoms with Crippen molar-refractivity contribution in [1.29, 1.82) is 0 Å². The first-order valence-corrected chi connectivity index (χ1v) is 3.62. The van der Waals surface area contributed by atoms with Gasteiger partial charge in [-0.25, -0.2) is 4.79 Å². The third-order valence-electron chi connectivity index (χ3n) is 2.09. The normalized spacial score (nSPS) is 32.1. The quantitative estimate of drug-likeness (QED) is 0.469. The van der Waals surface area contributed by atoms with Gasteiger partial charge in [-0.15, -0.1) is 5.76 Å². The maximum Gasteiger partial charge on any atom is 0.333 e. The summed E-state index contributed by atoms with van der Waals surface area (Å²) in [5.41, 5.74) is 0.218. The number of carbonyl (C=O) groups is 1. The summed E-state index contributed by atoms with van der Waals surface area (Å²) in [6, 6.07) is 0. The number of carbonyl (C=O) groups excluding carboxylic acids is 1. The van der Waals surface area contributed by atoms with Crippen LogP contribution in [0.1, 0.15) is 20.8 Å². The fraction of sp³-hybridized carbons (Fsp3) is 0.625. The monoisotopic (exact) mass is 155 g/mol. The molecule has 0 amide bonds. The first-order chi connectivity index (χ1) is 5.04. The predicted octanol–water partition coefficient (Wildman–Crippen LogP) is 0.202. The first-order valence-electron chi connectivity index (χ1n) is 3.62. The van der Waals surface area contributed by atoms with Crippen LogP contribution in [0.4, 0.5) is 0 Å². The molecule has 0 fully saturated rings. The largest absolute Gasteiger partial charge is 0.875 e. The zero-order chi connectivity index (χ0) is 8.59. The predicted molar refractivity (Wildman–Crippen MR) is 37.4 cm³/mol. The highest BCUT2D eigenvalue weighted by Crippen LogP contribution is 2.22. The Kier molecular flexibility index (Phi) is 1.89. The maximum absolute atomic E-state index is 11.2. The molecule has 1 heterocycles. The van der Waals surface area contributed by atoms with Gasteiger partial charge >= 0.3 is 5.97 Å². The molecule has 1 aliphatic rings. The van der Waals surface area contributed by atoms with Crippen LogP contribution in [-0.4, -0.2) is 12.1 Å². The van der Waals surface area contributed by atoms with Crippen molar-refractivity contribution in [2.24, 2.45) is 5.92 Å². The molecule has 11 heavy (non-hydrogen) atoms. The van der Waals surface area contributed by atoms with Gasteiger partial charge in [0.05, 0.1) is 0 Å². The van der Waals surface area contributed by atoms with Crippen molar-refractivity contribution in [3.05, 3.63) is 11.3 Å². The van der Waals surface area contributed by atoms with E-state index in [4.69, 9.17) is 4.74 Å². The van der Waals surface area contributed by atoms with Crippen LogP contribution in [0.2, 0.25) is 0 Å². The third-order valence-corrected chi connectivity index (χ3v) is 2.09. The van der Waals surface area contributed by atoms with Crippen LogP contribution in [-0.2, 0) is 9.53 Å². The van der Waals surface area contributed by atoms with Gasteiger partial charge in [-0.3, -0.25) is 0 Å². The molecule has 0 saturated heterocycles. The van der Waals surface area contributed by atoms with Crippen molar-refractivity contribution in [1.82, 2.24) is 0 Å². The van der Waals surface area contributed by atoms with Crippen LogP contribution in [0, 0.1) is 5.92 Å². The highest BCUT2D eigenvalue weighted by Gasteiger charge is 2.24. The lowest BCUT2D eigenvalue weighted by Crippen LogP contribution is -2.35. The molecule has 3 nitrogen and oxygen atoms in total. The van der Waals surface area contributed by atoms with Gasteiger partial charge in [-0.2, -0.15) is 0 Å². The molecule has 0 aromatic rings. The molecule has 3 heteroatoms. The summed E-state index contributed by atoms with van der Waals surface area (Å²) in [4.78, 5) is 10.9. The van der Waals surface area contributed by atoms with Crippen LogP contribution in [0.5, 0.6) is 0 Å². The molecular weight excluding hydrogens is 144 g/mol. The number of cyclic esters (lactones) is 1. The second-order valence-corrected chi connectivity index (χ2v) is 2.89. The van der Waals surface area contributed by atoms with E-state index in [-0.39, 0.29) is 23.4 Å². The molecule has 0 bridgehead atoms. The summed E-state index contributed by atoms with van der Waals surface area (Å²) in [6.45, 7) is 5.00. The van der Waals surface area contributed by atoms with E-state index in [1.807, 2.05) is 0 Å². The zero-order valence-corrected chi connectivity index (χ0v) is 6.88. The summed E-state index contributed by atoms with van der Waals surface area (Å²) in [7, 11) is 0. The fourth-order valence-electron chi connectivity index (χ4n) is 1.01. The molecule has 0 aliphatic carbocycles. The molecule has 0 aromatic carbocycles. The van der Waals surface area contributed by atoms with E-state index in [0.29, 0.717) is 0 Å². The lowest BCUT2D eigenvalue weighted by molar-refractivity contribution is -0.322. The summed E-state index contributed by atoms with van der Waals surface area (Å²) in [5, 5.41) is 11.2. The maximum atomic E-state index is 11.2. The van der Waals surface area contributed by atoms with Gasteiger partial charge in [0.2, 0.25) is 0 Å². The Morgan fingerprint density at radius 1 is 1.45 bits per heavy atom. The molecule has 0 aromatic heterocycles. The smallest absolute Gasteiger partial charge is 0.333 e. The van der Waals surface area contributed by atoms with E-state index in [2.05, 4.69) is 0 Å². The lowest BCUT2D eigenvalue weighted by atomic mass is 9.98. The molecule has 1 aliphatic heterocycles. The van der Waals surface area contributed by atoms with E-state index in [1.165, 1.54) is 6.92 Å². The molecule has 62 valence electrons. The standard InChI is InChI=1S/C8H12O3/c1-4-6(3)11-8(10)5(2)7(4)9/h4,6,9H,1-3H3/p-1. The van der Waals surface area contributed by atoms with Gasteiger partial charge in [-0.05, 0) is 13.8 Å². The molecule has 1 rings (SSSR count). The third kappa shape index (κ3) is 1.23. The van der Waals surface area contributed by atoms with Crippen LogP contribution in [0.3, 0.4) is 0 Å². The average molecular weight is 155 g/mol. The number of hydrogen-bond donors (Lipinski definition) is 0. The second kappa shape index (κ2) is 2.57. The number of ether oxygens (including phenoxy) is 1. The fourth-order valence-corrected chi connectivity index (χ4v) is 1.01. The van der Waals surface area contributed by atoms with E-state index < -0.39 is 5.97 Å². The van der Waals surface area contributed by atoms with E-state index in [9.17, 15) is 9.90 Å². The van der Waals surface area contributed by atoms with Gasteiger partial charge in [0.15, 0.2) is 0 Å². The Labute approximate surface area is 65.7 Å². The van der Waals surface area contributed by atoms with Crippen LogP contribution in [0.15, 0.2) is 11.3 Å². The van der Waals surface area contributed by atoms with Crippen molar-refractivity contribution in [3.63, 3.8) is 0 Å². The highest BCUT2D eigenvalue weighted by atomic mass is 16.5. The van der Waals surface area contributed by atoms with Crippen LogP contribution >= 0.6 is 0 Å². The summed E-state index contributed by atoms with van der Waals surface area (Å²) in [6.07, 6.45) is -0.279. The number of rotatable bonds is 0. The minimum absolute atomic E-state index is 0.0891. The van der Waals surface area contributed by atoms with Crippen LogP contribution in [0.25, 0.3) is 0 Å². The van der Waals surface area contributed by atoms with E-state index >= 15 is 0 Å². The average Bonchev–Trinajstić information content (AvgIpc) is 1.97. The molecule has 0 spiro atoms. The molecular formula is C8H11O3-. The summed E-state index contributed by atoms with van der Waals surface area (Å²) >= 11 is 0. The van der Waals surface area contributed by atoms with Gasteiger partial charge in [0.25, 0.3) is 0 Å². The van der Waals surface area contributed by atoms with Crippen molar-refractivity contribution in [2.45, 2.75) is 26.9 Å². The van der Waals surface area contributed by atoms with Gasteiger partial charge < -0.3 is 9.84 Å². The highest BCUT2D eigenvalue weighted by molar-refractivity contribution is 5.89. The molecule has 0 radical (unpaired) electrons. The molecule has 2 unspecified atom stereocenters. The van der Waals surface area contributed by atoms with Crippen molar-refractivity contribution >= 4 is 5.97 Å². The van der Waals surface area contributed by atoms with E-state index in [1.54, 1.807) is 13.8 Å². The van der Waals surface area contributed by atoms with Crippen molar-refractivity contribution < 1.29 is 14.6 Å². The Hall–Kier alpha value is -0.990. The summed E-state index contributed by atoms with van der Waals surface area (Å²) in [5.74, 6) is -0.748. The van der Waals surface area contributed by atoms with Crippen LogP contribution < -0.4 is 5.11 Å². The van der Waals surface area contributed by atoms with Crippen molar-refractivity contribution in [2.75, 3.05) is 0 Å². The second-order valence-electron chi connectivity index (χ2n) is 2.89. The number of esters is 1. The van der Waals surface area contributed by atoms with Crippen molar-refractivity contribution in [3.8, 4) is 0 Å². The lowest BCUT2D eigenvalue weighted by Gasteiger charge is -2.33. The Morgan fingerprint density at radius 3 is 2.55 bits per heavy atom. The minimum atomic E-state index is -0.472. The first kappa shape index (κ1) is 8.11. The molecule has 2 atom stereocenters. The Morgan fingerprint density at radius 2 is 2.00 bits per heavy atom. The summed E-state index contributed by atoms with van der Waals surface area (Å²) < 4.78 is 4.88. The van der Waals surface area contributed by atoms with Gasteiger partial charge in [0, 0.05) is 11.5 Å². The SMILES string of the molecule is CC1=C([O-])C(C)C(C)OC1=O. The molecule has 0 N–H and O–H groups in total. The Bertz CT molecular complexity index is 217. The zero-order valence-electron chi connectivity index (χ0n) is 6.88. The molecule has 0 saturated carbocycles. The topological polar surface area (TPSA) is 49.4 Å². The van der Waals surface area contributed by atoms with E-state index in [0.717, 1.165) is 0 Å². The van der Waals surface area contributed by atoms with Gasteiger partial charge in [-0.1, -0.05) is 6.92 Å².